The maximum atomic E-state index is 9.40. The Morgan fingerprint density at radius 1 is 0.969 bits per heavy atom. The standard InChI is InChI=1S/C21H18N8O.C2H6/c1-28-12-24-27-21(28)17-9-8-16-20(26-17)29(14-6-4-13(11-30)5-7-14)19(25-16)15-3-2-10-23-18(15)22;1-2/h2-10,12,30H,11H2,1H3,(H2,22,23);1-2H3. The Morgan fingerprint density at radius 3 is 2.41 bits per heavy atom. The fourth-order valence-electron chi connectivity index (χ4n) is 3.38. The number of nitrogen functional groups attached to an aromatic ring is 1. The molecule has 0 aliphatic heterocycles. The number of nitrogens with zero attached hydrogens (tertiary/aromatic N) is 7. The fourth-order valence-corrected chi connectivity index (χ4v) is 3.38. The summed E-state index contributed by atoms with van der Waals surface area (Å²) in [4.78, 5) is 13.8. The molecule has 32 heavy (non-hydrogen) atoms. The predicted octanol–water partition coefficient (Wildman–Crippen LogP) is 3.38. The number of aromatic nitrogens is 7. The van der Waals surface area contributed by atoms with Gasteiger partial charge in [0.1, 0.15) is 23.4 Å². The van der Waals surface area contributed by atoms with Crippen molar-refractivity contribution in [3.63, 3.8) is 0 Å². The minimum absolute atomic E-state index is 0.0259. The van der Waals surface area contributed by atoms with Gasteiger partial charge in [-0.1, -0.05) is 26.0 Å². The van der Waals surface area contributed by atoms with Crippen molar-refractivity contribution in [1.82, 2.24) is 34.3 Å². The summed E-state index contributed by atoms with van der Waals surface area (Å²) >= 11 is 0. The maximum absolute atomic E-state index is 9.40. The number of fused-ring (bicyclic) bond motifs is 1. The van der Waals surface area contributed by atoms with Crippen LogP contribution >= 0.6 is 0 Å². The number of aryl methyl sites for hydroxylation is 1. The summed E-state index contributed by atoms with van der Waals surface area (Å²) in [5.74, 6) is 1.67. The van der Waals surface area contributed by atoms with Gasteiger partial charge in [0, 0.05) is 18.9 Å². The van der Waals surface area contributed by atoms with E-state index in [4.69, 9.17) is 15.7 Å². The second-order valence-electron chi connectivity index (χ2n) is 6.84. The van der Waals surface area contributed by atoms with Crippen molar-refractivity contribution in [3.05, 3.63) is 66.6 Å². The smallest absolute Gasteiger partial charge is 0.182 e. The number of benzene rings is 1. The second-order valence-corrected chi connectivity index (χ2v) is 6.84. The van der Waals surface area contributed by atoms with Gasteiger partial charge in [-0.3, -0.25) is 4.57 Å². The average molecular weight is 429 g/mol. The van der Waals surface area contributed by atoms with Crippen LogP contribution in [0.5, 0.6) is 0 Å². The number of imidazole rings is 1. The summed E-state index contributed by atoms with van der Waals surface area (Å²) < 4.78 is 3.74. The maximum Gasteiger partial charge on any atom is 0.182 e. The molecule has 9 heteroatoms. The molecule has 1 aromatic carbocycles. The Kier molecular flexibility index (Phi) is 5.91. The first-order chi connectivity index (χ1) is 15.7. The number of aliphatic hydroxyl groups excluding tert-OH is 1. The molecule has 0 radical (unpaired) electrons. The number of hydrogen-bond acceptors (Lipinski definition) is 7. The monoisotopic (exact) mass is 428 g/mol. The molecule has 4 heterocycles. The van der Waals surface area contributed by atoms with E-state index < -0.39 is 0 Å². The van der Waals surface area contributed by atoms with Gasteiger partial charge in [-0.15, -0.1) is 10.2 Å². The normalized spacial score (nSPS) is 10.8. The Labute approximate surface area is 185 Å². The molecule has 0 bridgehead atoms. The molecular weight excluding hydrogens is 404 g/mol. The van der Waals surface area contributed by atoms with Crippen LogP contribution in [-0.2, 0) is 13.7 Å². The third kappa shape index (κ3) is 3.69. The molecule has 4 aromatic heterocycles. The molecule has 0 saturated heterocycles. The SMILES string of the molecule is CC.Cn1cnnc1-c1ccc2nc(-c3cccnc3N)n(-c3ccc(CO)cc3)c2n1. The number of hydrogen-bond donors (Lipinski definition) is 2. The quantitative estimate of drug-likeness (QED) is 0.450. The first-order valence-corrected chi connectivity index (χ1v) is 10.3. The number of aliphatic hydroxyl groups is 1. The number of anilines is 1. The molecule has 0 spiro atoms. The van der Waals surface area contributed by atoms with E-state index in [1.165, 1.54) is 0 Å². The minimum atomic E-state index is -0.0259. The number of rotatable bonds is 4. The van der Waals surface area contributed by atoms with Crippen molar-refractivity contribution in [3.8, 4) is 28.6 Å². The lowest BCUT2D eigenvalue weighted by atomic mass is 10.2. The Bertz CT molecular complexity index is 1350. The van der Waals surface area contributed by atoms with Crippen molar-refractivity contribution in [2.45, 2.75) is 20.5 Å². The topological polar surface area (TPSA) is 121 Å². The van der Waals surface area contributed by atoms with E-state index in [0.717, 1.165) is 11.3 Å². The van der Waals surface area contributed by atoms with Gasteiger partial charge in [-0.2, -0.15) is 0 Å². The molecule has 0 aliphatic carbocycles. The molecule has 0 saturated carbocycles. The van der Waals surface area contributed by atoms with Gasteiger partial charge in [-0.05, 0) is 42.0 Å². The van der Waals surface area contributed by atoms with Crippen molar-refractivity contribution in [1.29, 1.82) is 0 Å². The van der Waals surface area contributed by atoms with Crippen molar-refractivity contribution in [2.75, 3.05) is 5.73 Å². The molecule has 0 atom stereocenters. The first kappa shape index (κ1) is 21.1. The van der Waals surface area contributed by atoms with E-state index >= 15 is 0 Å². The first-order valence-electron chi connectivity index (χ1n) is 10.3. The molecule has 0 amide bonds. The van der Waals surface area contributed by atoms with Crippen LogP contribution in [0.15, 0.2) is 61.1 Å². The zero-order valence-electron chi connectivity index (χ0n) is 18.1. The van der Waals surface area contributed by atoms with E-state index in [-0.39, 0.29) is 6.61 Å². The van der Waals surface area contributed by atoms with E-state index in [2.05, 4.69) is 15.2 Å². The number of nitrogens with two attached hydrogens (primary N) is 1. The lowest BCUT2D eigenvalue weighted by molar-refractivity contribution is 0.282. The Morgan fingerprint density at radius 2 is 1.75 bits per heavy atom. The van der Waals surface area contributed by atoms with Crippen molar-refractivity contribution >= 4 is 17.0 Å². The molecule has 0 aliphatic rings. The third-order valence-corrected chi connectivity index (χ3v) is 4.90. The highest BCUT2D eigenvalue weighted by atomic mass is 16.3. The van der Waals surface area contributed by atoms with Gasteiger partial charge >= 0.3 is 0 Å². The lowest BCUT2D eigenvalue weighted by Gasteiger charge is -2.11. The molecule has 5 aromatic rings. The summed E-state index contributed by atoms with van der Waals surface area (Å²) in [5, 5.41) is 17.5. The van der Waals surface area contributed by atoms with Crippen LogP contribution in [0.4, 0.5) is 5.82 Å². The molecule has 9 nitrogen and oxygen atoms in total. The van der Waals surface area contributed by atoms with Crippen molar-refractivity contribution in [2.24, 2.45) is 7.05 Å². The highest BCUT2D eigenvalue weighted by molar-refractivity contribution is 5.84. The Balaban J connectivity index is 0.00000119. The summed E-state index contributed by atoms with van der Waals surface area (Å²) in [6.07, 6.45) is 3.28. The molecule has 5 rings (SSSR count). The van der Waals surface area contributed by atoms with Crippen LogP contribution in [0.2, 0.25) is 0 Å². The second kappa shape index (κ2) is 8.94. The zero-order valence-corrected chi connectivity index (χ0v) is 18.1. The molecule has 0 unspecified atom stereocenters. The van der Waals surface area contributed by atoms with Gasteiger partial charge in [0.05, 0.1) is 12.2 Å². The van der Waals surface area contributed by atoms with Crippen LogP contribution in [0.1, 0.15) is 19.4 Å². The van der Waals surface area contributed by atoms with Gasteiger partial charge in [0.2, 0.25) is 0 Å². The Hall–Kier alpha value is -4.11. The van der Waals surface area contributed by atoms with Crippen LogP contribution in [0.3, 0.4) is 0 Å². The molecule has 3 N–H and O–H groups in total. The van der Waals surface area contributed by atoms with Gasteiger partial charge < -0.3 is 15.4 Å². The lowest BCUT2D eigenvalue weighted by Crippen LogP contribution is -2.03. The summed E-state index contributed by atoms with van der Waals surface area (Å²) in [7, 11) is 1.87. The molecule has 0 fully saturated rings. The summed E-state index contributed by atoms with van der Waals surface area (Å²) in [6.45, 7) is 3.97. The highest BCUT2D eigenvalue weighted by Crippen LogP contribution is 2.31. The minimum Gasteiger partial charge on any atom is -0.392 e. The van der Waals surface area contributed by atoms with Crippen LogP contribution < -0.4 is 5.73 Å². The van der Waals surface area contributed by atoms with Gasteiger partial charge in [-0.25, -0.2) is 15.0 Å². The highest BCUT2D eigenvalue weighted by Gasteiger charge is 2.19. The largest absolute Gasteiger partial charge is 0.392 e. The van der Waals surface area contributed by atoms with Crippen molar-refractivity contribution < 1.29 is 5.11 Å². The average Bonchev–Trinajstić information content (AvgIpc) is 3.43. The van der Waals surface area contributed by atoms with Crippen LogP contribution in [0.25, 0.3) is 39.8 Å². The van der Waals surface area contributed by atoms with E-state index in [0.29, 0.717) is 39.9 Å². The van der Waals surface area contributed by atoms with E-state index in [1.54, 1.807) is 12.5 Å². The number of pyridine rings is 2. The molecule has 162 valence electrons. The van der Waals surface area contributed by atoms with Crippen LogP contribution in [0, 0.1) is 0 Å². The molecular formula is C23H24N8O. The van der Waals surface area contributed by atoms with E-state index in [9.17, 15) is 5.11 Å². The fraction of sp³-hybridized carbons (Fsp3) is 0.174. The zero-order chi connectivity index (χ0) is 22.7. The van der Waals surface area contributed by atoms with Gasteiger partial charge in [0.25, 0.3) is 0 Å². The predicted molar refractivity (Wildman–Crippen MR) is 124 cm³/mol. The summed E-state index contributed by atoms with van der Waals surface area (Å²) in [5.41, 5.74) is 10.6. The third-order valence-electron chi connectivity index (χ3n) is 4.90. The summed E-state index contributed by atoms with van der Waals surface area (Å²) in [6, 6.07) is 15.0. The van der Waals surface area contributed by atoms with Gasteiger partial charge in [0.15, 0.2) is 17.3 Å². The van der Waals surface area contributed by atoms with Crippen LogP contribution in [-0.4, -0.2) is 39.4 Å². The van der Waals surface area contributed by atoms with E-state index in [1.807, 2.05) is 78.6 Å².